The second-order valence-electron chi connectivity index (χ2n) is 3.96. The summed E-state index contributed by atoms with van der Waals surface area (Å²) in [6.45, 7) is 3.06. The molecule has 0 bridgehead atoms. The lowest BCUT2D eigenvalue weighted by atomic mass is 10.1. The lowest BCUT2D eigenvalue weighted by Crippen LogP contribution is -2.22. The standard InChI is InChI=1S/C13H15BrIN3/c1-3-18-7-6-17-13(18)12(16-2)10-8-9(14)4-5-11(10)15/h4-8,12,16H,3H2,1-2H3. The van der Waals surface area contributed by atoms with Crippen LogP contribution in [0.4, 0.5) is 0 Å². The van der Waals surface area contributed by atoms with Gasteiger partial charge in [0.1, 0.15) is 5.82 Å². The molecule has 0 amide bonds. The van der Waals surface area contributed by atoms with Gasteiger partial charge in [-0.25, -0.2) is 4.98 Å². The largest absolute Gasteiger partial charge is 0.334 e. The maximum Gasteiger partial charge on any atom is 0.130 e. The average molecular weight is 420 g/mol. The first-order chi connectivity index (χ1) is 8.67. The number of aryl methyl sites for hydroxylation is 1. The third kappa shape index (κ3) is 2.78. The Morgan fingerprint density at radius 1 is 1.50 bits per heavy atom. The van der Waals surface area contributed by atoms with Gasteiger partial charge in [0, 0.05) is 27.0 Å². The highest BCUT2D eigenvalue weighted by molar-refractivity contribution is 14.1. The summed E-state index contributed by atoms with van der Waals surface area (Å²) in [4.78, 5) is 4.49. The molecule has 96 valence electrons. The van der Waals surface area contributed by atoms with Gasteiger partial charge in [-0.3, -0.25) is 0 Å². The minimum atomic E-state index is 0.115. The maximum atomic E-state index is 4.49. The van der Waals surface area contributed by atoms with Gasteiger partial charge >= 0.3 is 0 Å². The third-order valence-electron chi connectivity index (χ3n) is 2.90. The molecule has 1 unspecified atom stereocenters. The molecular weight excluding hydrogens is 405 g/mol. The van der Waals surface area contributed by atoms with Crippen LogP contribution in [0.15, 0.2) is 35.1 Å². The van der Waals surface area contributed by atoms with Crippen molar-refractivity contribution in [1.29, 1.82) is 0 Å². The fourth-order valence-corrected chi connectivity index (χ4v) is 3.03. The second kappa shape index (κ2) is 6.16. The summed E-state index contributed by atoms with van der Waals surface area (Å²) < 4.78 is 4.49. The van der Waals surface area contributed by atoms with E-state index in [0.717, 1.165) is 16.8 Å². The van der Waals surface area contributed by atoms with Crippen molar-refractivity contribution in [3.63, 3.8) is 0 Å². The molecule has 0 radical (unpaired) electrons. The van der Waals surface area contributed by atoms with Crippen LogP contribution in [0.3, 0.4) is 0 Å². The molecule has 2 rings (SSSR count). The summed E-state index contributed by atoms with van der Waals surface area (Å²) in [5.74, 6) is 1.05. The van der Waals surface area contributed by atoms with Crippen LogP contribution >= 0.6 is 38.5 Å². The van der Waals surface area contributed by atoms with Gasteiger partial charge < -0.3 is 9.88 Å². The Hall–Kier alpha value is -0.400. The maximum absolute atomic E-state index is 4.49. The third-order valence-corrected chi connectivity index (χ3v) is 4.38. The number of rotatable bonds is 4. The predicted molar refractivity (Wildman–Crippen MR) is 85.7 cm³/mol. The summed E-state index contributed by atoms with van der Waals surface area (Å²) in [6.07, 6.45) is 3.87. The molecule has 0 spiro atoms. The zero-order valence-corrected chi connectivity index (χ0v) is 14.1. The first-order valence-electron chi connectivity index (χ1n) is 5.80. The number of nitrogens with zero attached hydrogens (tertiary/aromatic N) is 2. The zero-order valence-electron chi connectivity index (χ0n) is 10.3. The zero-order chi connectivity index (χ0) is 13.1. The first kappa shape index (κ1) is 14.0. The van der Waals surface area contributed by atoms with Crippen LogP contribution in [0.25, 0.3) is 0 Å². The number of halogens is 2. The molecule has 3 nitrogen and oxygen atoms in total. The van der Waals surface area contributed by atoms with Gasteiger partial charge in [0.15, 0.2) is 0 Å². The van der Waals surface area contributed by atoms with Gasteiger partial charge in [-0.05, 0) is 60.3 Å². The second-order valence-corrected chi connectivity index (χ2v) is 6.04. The van der Waals surface area contributed by atoms with Crippen LogP contribution in [0, 0.1) is 3.57 Å². The summed E-state index contributed by atoms with van der Waals surface area (Å²) in [7, 11) is 1.97. The van der Waals surface area contributed by atoms with Crippen LogP contribution in [0.2, 0.25) is 0 Å². The van der Waals surface area contributed by atoms with Crippen molar-refractivity contribution >= 4 is 38.5 Å². The number of aromatic nitrogens is 2. The summed E-state index contributed by atoms with van der Waals surface area (Å²) in [5.41, 5.74) is 1.24. The molecule has 0 aliphatic rings. The number of nitrogens with one attached hydrogen (secondary N) is 1. The summed E-state index contributed by atoms with van der Waals surface area (Å²) in [5, 5.41) is 3.35. The monoisotopic (exact) mass is 419 g/mol. The highest BCUT2D eigenvalue weighted by Gasteiger charge is 2.19. The Morgan fingerprint density at radius 2 is 2.28 bits per heavy atom. The molecule has 0 saturated carbocycles. The lowest BCUT2D eigenvalue weighted by Gasteiger charge is -2.19. The molecule has 0 fully saturated rings. The Balaban J connectivity index is 2.48. The van der Waals surface area contributed by atoms with Crippen LogP contribution in [0.1, 0.15) is 24.4 Å². The molecule has 0 aliphatic carbocycles. The topological polar surface area (TPSA) is 29.9 Å². The van der Waals surface area contributed by atoms with Gasteiger partial charge in [-0.15, -0.1) is 0 Å². The molecule has 1 atom stereocenters. The molecule has 0 aliphatic heterocycles. The van der Waals surface area contributed by atoms with Gasteiger partial charge in [0.2, 0.25) is 0 Å². The number of hydrogen-bond donors (Lipinski definition) is 1. The Kier molecular flexibility index (Phi) is 4.80. The molecule has 1 heterocycles. The Morgan fingerprint density at radius 3 is 2.94 bits per heavy atom. The normalized spacial score (nSPS) is 12.7. The minimum Gasteiger partial charge on any atom is -0.334 e. The first-order valence-corrected chi connectivity index (χ1v) is 7.67. The van der Waals surface area contributed by atoms with Gasteiger partial charge in [0.05, 0.1) is 6.04 Å². The van der Waals surface area contributed by atoms with E-state index in [4.69, 9.17) is 0 Å². The van der Waals surface area contributed by atoms with Crippen LogP contribution in [0.5, 0.6) is 0 Å². The minimum absolute atomic E-state index is 0.115. The van der Waals surface area contributed by atoms with E-state index < -0.39 is 0 Å². The predicted octanol–water partition coefficient (Wildman–Crippen LogP) is 3.58. The molecule has 1 N–H and O–H groups in total. The van der Waals surface area contributed by atoms with E-state index in [-0.39, 0.29) is 6.04 Å². The molecule has 1 aromatic carbocycles. The van der Waals surface area contributed by atoms with E-state index in [9.17, 15) is 0 Å². The smallest absolute Gasteiger partial charge is 0.130 e. The van der Waals surface area contributed by atoms with Crippen molar-refractivity contribution in [1.82, 2.24) is 14.9 Å². The van der Waals surface area contributed by atoms with Gasteiger partial charge in [-0.2, -0.15) is 0 Å². The Bertz CT molecular complexity index is 539. The van der Waals surface area contributed by atoms with Crippen LogP contribution < -0.4 is 5.32 Å². The highest BCUT2D eigenvalue weighted by Crippen LogP contribution is 2.27. The van der Waals surface area contributed by atoms with Gasteiger partial charge in [0.25, 0.3) is 0 Å². The average Bonchev–Trinajstić information content (AvgIpc) is 2.83. The van der Waals surface area contributed by atoms with Crippen LogP contribution in [-0.2, 0) is 6.54 Å². The highest BCUT2D eigenvalue weighted by atomic mass is 127. The van der Waals surface area contributed by atoms with E-state index in [0.29, 0.717) is 0 Å². The van der Waals surface area contributed by atoms with E-state index in [1.54, 1.807) is 0 Å². The van der Waals surface area contributed by atoms with E-state index in [1.807, 2.05) is 19.4 Å². The number of benzene rings is 1. The van der Waals surface area contributed by atoms with Crippen LogP contribution in [-0.4, -0.2) is 16.6 Å². The van der Waals surface area contributed by atoms with Crippen molar-refractivity contribution in [2.45, 2.75) is 19.5 Å². The Labute approximate surface area is 129 Å². The summed E-state index contributed by atoms with van der Waals surface area (Å²) >= 11 is 5.90. The van der Waals surface area contributed by atoms with Crippen molar-refractivity contribution in [3.05, 3.63) is 50.0 Å². The van der Waals surface area contributed by atoms with Crippen molar-refractivity contribution < 1.29 is 0 Å². The molecule has 2 aromatic rings. The molecule has 1 aromatic heterocycles. The number of imidazole rings is 1. The van der Waals surface area contributed by atoms with Crippen molar-refractivity contribution in [2.75, 3.05) is 7.05 Å². The van der Waals surface area contributed by atoms with Crippen molar-refractivity contribution in [3.8, 4) is 0 Å². The lowest BCUT2D eigenvalue weighted by molar-refractivity contribution is 0.588. The van der Waals surface area contributed by atoms with E-state index in [1.165, 1.54) is 9.13 Å². The molecule has 18 heavy (non-hydrogen) atoms. The molecule has 0 saturated heterocycles. The van der Waals surface area contributed by atoms with Gasteiger partial charge in [-0.1, -0.05) is 15.9 Å². The SMILES string of the molecule is CCn1ccnc1C(NC)c1cc(Br)ccc1I. The van der Waals surface area contributed by atoms with E-state index in [2.05, 4.69) is 78.5 Å². The van der Waals surface area contributed by atoms with E-state index >= 15 is 0 Å². The quantitative estimate of drug-likeness (QED) is 0.767. The molecule has 5 heteroatoms. The fraction of sp³-hybridized carbons (Fsp3) is 0.308. The summed E-state index contributed by atoms with van der Waals surface area (Å²) in [6, 6.07) is 6.44. The number of hydrogen-bond acceptors (Lipinski definition) is 2. The van der Waals surface area contributed by atoms with Crippen molar-refractivity contribution in [2.24, 2.45) is 0 Å². The fourth-order valence-electron chi connectivity index (χ4n) is 2.01. The molecular formula is C13H15BrIN3.